The molecule has 1 fully saturated rings. The van der Waals surface area contributed by atoms with E-state index in [1.807, 2.05) is 24.3 Å². The fourth-order valence-electron chi connectivity index (χ4n) is 3.99. The number of benzene rings is 3. The molecule has 0 N–H and O–H groups in total. The monoisotopic (exact) mass is 424 g/mol. The molecule has 0 bridgehead atoms. The number of hydrogen-bond acceptors (Lipinski definition) is 7. The molecule has 3 atom stereocenters. The maximum Gasteiger partial charge on any atom is 0.317 e. The molecule has 9 heteroatoms. The van der Waals surface area contributed by atoms with Crippen LogP contribution in [-0.4, -0.2) is 18.6 Å². The van der Waals surface area contributed by atoms with Crippen LogP contribution in [0.1, 0.15) is 23.3 Å². The summed E-state index contributed by atoms with van der Waals surface area (Å²) in [6.07, 6.45) is -0.839. The van der Waals surface area contributed by atoms with E-state index in [9.17, 15) is 18.5 Å². The summed E-state index contributed by atoms with van der Waals surface area (Å²) >= 11 is 0. The highest BCUT2D eigenvalue weighted by Crippen LogP contribution is 2.53. The lowest BCUT2D eigenvalue weighted by atomic mass is 9.95. The molecule has 0 unspecified atom stereocenters. The molecule has 0 amide bonds. The molecule has 152 valence electrons. The highest BCUT2D eigenvalue weighted by molar-refractivity contribution is 7.87. The summed E-state index contributed by atoms with van der Waals surface area (Å²) in [4.78, 5) is 17.0. The average molecular weight is 424 g/mol. The summed E-state index contributed by atoms with van der Waals surface area (Å²) in [5.41, 5.74) is 1.56. The smallest absolute Gasteiger partial charge is 0.317 e. The average Bonchev–Trinajstić information content (AvgIpc) is 3.17. The molecular weight excluding hydrogens is 408 g/mol. The molecular formula is C21H16N2O6S. The molecule has 5 rings (SSSR count). The molecule has 2 aliphatic rings. The van der Waals surface area contributed by atoms with Gasteiger partial charge < -0.3 is 4.18 Å². The Balaban J connectivity index is 1.73. The number of hydroxylamine groups is 1. The molecule has 0 aliphatic carbocycles. The van der Waals surface area contributed by atoms with Crippen LogP contribution in [0.2, 0.25) is 0 Å². The molecule has 8 nitrogen and oxygen atoms in total. The summed E-state index contributed by atoms with van der Waals surface area (Å²) < 4.78 is 31.6. The second kappa shape index (κ2) is 6.82. The zero-order chi connectivity index (χ0) is 20.9. The maximum absolute atomic E-state index is 13.1. The first-order valence-corrected chi connectivity index (χ1v) is 10.7. The quantitative estimate of drug-likeness (QED) is 0.357. The van der Waals surface area contributed by atoms with Gasteiger partial charge in [-0.3, -0.25) is 15.0 Å². The van der Waals surface area contributed by atoms with Crippen LogP contribution in [0, 0.1) is 10.1 Å². The molecule has 0 spiro atoms. The van der Waals surface area contributed by atoms with Crippen molar-refractivity contribution in [2.75, 3.05) is 5.06 Å². The van der Waals surface area contributed by atoms with Crippen LogP contribution in [0.4, 0.5) is 11.4 Å². The highest BCUT2D eigenvalue weighted by atomic mass is 32.2. The Morgan fingerprint density at radius 3 is 2.27 bits per heavy atom. The summed E-state index contributed by atoms with van der Waals surface area (Å²) in [6.45, 7) is 0. The third kappa shape index (κ3) is 2.90. The lowest BCUT2D eigenvalue weighted by molar-refractivity contribution is -0.385. The Kier molecular flexibility index (Phi) is 4.23. The Hall–Kier alpha value is -3.43. The van der Waals surface area contributed by atoms with E-state index in [0.29, 0.717) is 16.8 Å². The summed E-state index contributed by atoms with van der Waals surface area (Å²) in [6, 6.07) is 21.1. The number of nitrogens with zero attached hydrogens (tertiary/aromatic N) is 2. The third-order valence-corrected chi connectivity index (χ3v) is 6.87. The van der Waals surface area contributed by atoms with Gasteiger partial charge in [0.2, 0.25) is 0 Å². The number of anilines is 1. The lowest BCUT2D eigenvalue weighted by Gasteiger charge is -2.31. The first kappa shape index (κ1) is 18.6. The largest absolute Gasteiger partial charge is 0.382 e. The van der Waals surface area contributed by atoms with Crippen molar-refractivity contribution in [3.8, 4) is 5.75 Å². The van der Waals surface area contributed by atoms with Crippen LogP contribution >= 0.6 is 0 Å². The topological polar surface area (TPSA) is 99.0 Å². The highest BCUT2D eigenvalue weighted by Gasteiger charge is 2.57. The SMILES string of the molecule is O=[N+]([O-])c1ccc2c(c1)[C@H]1[C@H]([C@H](c3ccccc3)ON1c1ccccc1)S(=O)(=O)O2. The molecule has 0 radical (unpaired) electrons. The molecule has 3 aromatic rings. The van der Waals surface area contributed by atoms with Gasteiger partial charge in [0.1, 0.15) is 17.9 Å². The lowest BCUT2D eigenvalue weighted by Crippen LogP contribution is -2.39. The molecule has 30 heavy (non-hydrogen) atoms. The first-order chi connectivity index (χ1) is 14.5. The van der Waals surface area contributed by atoms with Crippen molar-refractivity contribution in [2.45, 2.75) is 17.4 Å². The minimum absolute atomic E-state index is 0.0695. The van der Waals surface area contributed by atoms with Gasteiger partial charge in [-0.05, 0) is 23.8 Å². The van der Waals surface area contributed by atoms with E-state index in [1.165, 1.54) is 23.3 Å². The van der Waals surface area contributed by atoms with Gasteiger partial charge in [0.05, 0.1) is 10.6 Å². The van der Waals surface area contributed by atoms with Crippen molar-refractivity contribution in [2.24, 2.45) is 0 Å². The van der Waals surface area contributed by atoms with Crippen LogP contribution in [-0.2, 0) is 15.0 Å². The van der Waals surface area contributed by atoms with Gasteiger partial charge in [-0.2, -0.15) is 8.42 Å². The van der Waals surface area contributed by atoms with Crippen LogP contribution < -0.4 is 9.25 Å². The van der Waals surface area contributed by atoms with Gasteiger partial charge in [0.15, 0.2) is 5.25 Å². The van der Waals surface area contributed by atoms with Gasteiger partial charge in [-0.15, -0.1) is 0 Å². The van der Waals surface area contributed by atoms with Crippen molar-refractivity contribution in [3.63, 3.8) is 0 Å². The van der Waals surface area contributed by atoms with Crippen molar-refractivity contribution in [1.82, 2.24) is 0 Å². The summed E-state index contributed by atoms with van der Waals surface area (Å²) in [5.74, 6) is 0.0695. The number of hydrogen-bond donors (Lipinski definition) is 0. The van der Waals surface area contributed by atoms with E-state index in [4.69, 9.17) is 9.02 Å². The van der Waals surface area contributed by atoms with Crippen molar-refractivity contribution in [3.05, 3.63) is 100 Å². The number of nitro groups is 1. The number of para-hydroxylation sites is 1. The first-order valence-electron chi connectivity index (χ1n) is 9.23. The molecule has 1 saturated heterocycles. The fraction of sp³-hybridized carbons (Fsp3) is 0.143. The second-order valence-corrected chi connectivity index (χ2v) is 8.76. The summed E-state index contributed by atoms with van der Waals surface area (Å²) in [5, 5.41) is 11.8. The van der Waals surface area contributed by atoms with E-state index in [-0.39, 0.29) is 11.4 Å². The Labute approximate surface area is 172 Å². The van der Waals surface area contributed by atoms with Gasteiger partial charge in [-0.1, -0.05) is 48.5 Å². The standard InChI is InChI=1S/C21H16N2O6S/c24-23(25)16-11-12-18-17(13-16)19-21(30(26,27)29-18)20(14-7-3-1-4-8-14)28-22(19)15-9-5-2-6-10-15/h1-13,19-21H/t19-,20-,21+/m0/s1. The second-order valence-electron chi connectivity index (χ2n) is 7.06. The summed E-state index contributed by atoms with van der Waals surface area (Å²) in [7, 11) is -4.08. The predicted molar refractivity (Wildman–Crippen MR) is 108 cm³/mol. The van der Waals surface area contributed by atoms with Crippen molar-refractivity contribution in [1.29, 1.82) is 0 Å². The van der Waals surface area contributed by atoms with Crippen LogP contribution in [0.25, 0.3) is 0 Å². The number of non-ortho nitro benzene ring substituents is 1. The molecule has 2 aliphatic heterocycles. The van der Waals surface area contributed by atoms with Crippen LogP contribution in [0.15, 0.2) is 78.9 Å². The van der Waals surface area contributed by atoms with Gasteiger partial charge in [0, 0.05) is 17.7 Å². The van der Waals surface area contributed by atoms with Crippen molar-refractivity contribution < 1.29 is 22.4 Å². The number of fused-ring (bicyclic) bond motifs is 3. The van der Waals surface area contributed by atoms with Gasteiger partial charge in [-0.25, -0.2) is 5.06 Å². The Bertz CT molecular complexity index is 1220. The van der Waals surface area contributed by atoms with Crippen molar-refractivity contribution >= 4 is 21.5 Å². The maximum atomic E-state index is 13.1. The van der Waals surface area contributed by atoms with E-state index < -0.39 is 32.4 Å². The molecule has 3 aromatic carbocycles. The van der Waals surface area contributed by atoms with Gasteiger partial charge in [0.25, 0.3) is 5.69 Å². The minimum Gasteiger partial charge on any atom is -0.382 e. The zero-order valence-corrected chi connectivity index (χ0v) is 16.3. The molecule has 2 heterocycles. The van der Waals surface area contributed by atoms with E-state index in [2.05, 4.69) is 0 Å². The van der Waals surface area contributed by atoms with Crippen LogP contribution in [0.5, 0.6) is 5.75 Å². The van der Waals surface area contributed by atoms with E-state index in [0.717, 1.165) is 0 Å². The fourth-order valence-corrected chi connectivity index (χ4v) is 5.58. The minimum atomic E-state index is -4.08. The van der Waals surface area contributed by atoms with E-state index >= 15 is 0 Å². The number of rotatable bonds is 3. The van der Waals surface area contributed by atoms with Gasteiger partial charge >= 0.3 is 10.1 Å². The zero-order valence-electron chi connectivity index (χ0n) is 15.5. The molecule has 0 saturated carbocycles. The number of nitro benzene ring substituents is 1. The predicted octanol–water partition coefficient (Wildman–Crippen LogP) is 3.92. The normalized spacial score (nSPS) is 23.9. The Morgan fingerprint density at radius 1 is 0.933 bits per heavy atom. The van der Waals surface area contributed by atoms with Crippen LogP contribution in [0.3, 0.4) is 0 Å². The Morgan fingerprint density at radius 2 is 1.60 bits per heavy atom. The molecule has 0 aromatic heterocycles. The third-order valence-electron chi connectivity index (χ3n) is 5.29. The van der Waals surface area contributed by atoms with E-state index in [1.54, 1.807) is 36.4 Å².